The number of hydrogen-bond donors (Lipinski definition) is 3. The molecular formula is C6H13NO3. The summed E-state index contributed by atoms with van der Waals surface area (Å²) in [4.78, 5) is 10.1. The Hall–Kier alpha value is -0.610. The van der Waals surface area contributed by atoms with Crippen LogP contribution in [-0.4, -0.2) is 28.8 Å². The third-order valence-corrected chi connectivity index (χ3v) is 1.29. The minimum atomic E-state index is -1.01. The van der Waals surface area contributed by atoms with E-state index in [-0.39, 0.29) is 12.5 Å². The molecule has 0 spiro atoms. The molecule has 4 heteroatoms. The van der Waals surface area contributed by atoms with Gasteiger partial charge in [-0.15, -0.1) is 0 Å². The predicted molar refractivity (Wildman–Crippen MR) is 36.5 cm³/mol. The van der Waals surface area contributed by atoms with E-state index in [4.69, 9.17) is 15.9 Å². The van der Waals surface area contributed by atoms with E-state index >= 15 is 0 Å². The number of hydrogen-bond acceptors (Lipinski definition) is 3. The lowest BCUT2D eigenvalue weighted by Crippen LogP contribution is -2.32. The first-order chi connectivity index (χ1) is 4.57. The number of nitrogens with two attached hydrogens (primary N) is 1. The Morgan fingerprint density at radius 1 is 1.70 bits per heavy atom. The molecule has 0 radical (unpaired) electrons. The van der Waals surface area contributed by atoms with E-state index in [0.717, 1.165) is 0 Å². The van der Waals surface area contributed by atoms with Gasteiger partial charge < -0.3 is 15.9 Å². The van der Waals surface area contributed by atoms with Gasteiger partial charge in [-0.1, -0.05) is 6.92 Å². The second kappa shape index (κ2) is 4.24. The van der Waals surface area contributed by atoms with Crippen molar-refractivity contribution in [3.8, 4) is 0 Å². The van der Waals surface area contributed by atoms with E-state index < -0.39 is 12.0 Å². The first-order valence-electron chi connectivity index (χ1n) is 3.17. The molecule has 0 aliphatic heterocycles. The van der Waals surface area contributed by atoms with Gasteiger partial charge in [0.05, 0.1) is 0 Å². The topological polar surface area (TPSA) is 83.5 Å². The second-order valence-electron chi connectivity index (χ2n) is 2.47. The number of carboxylic acids is 1. The quantitative estimate of drug-likeness (QED) is 0.496. The van der Waals surface area contributed by atoms with Gasteiger partial charge in [0.25, 0.3) is 0 Å². The maximum absolute atomic E-state index is 10.1. The van der Waals surface area contributed by atoms with Gasteiger partial charge in [-0.25, -0.2) is 0 Å². The van der Waals surface area contributed by atoms with E-state index in [0.29, 0.717) is 6.42 Å². The zero-order chi connectivity index (χ0) is 8.15. The van der Waals surface area contributed by atoms with Crippen molar-refractivity contribution in [2.24, 2.45) is 11.7 Å². The SMILES string of the molecule is C[C@H](CO)C[C@H](N)C(=O)O. The Kier molecular flexibility index (Phi) is 3.99. The van der Waals surface area contributed by atoms with Gasteiger partial charge in [-0.05, 0) is 12.3 Å². The smallest absolute Gasteiger partial charge is 0.320 e. The molecule has 0 aromatic heterocycles. The van der Waals surface area contributed by atoms with Crippen LogP contribution in [0.3, 0.4) is 0 Å². The maximum Gasteiger partial charge on any atom is 0.320 e. The molecule has 60 valence electrons. The van der Waals surface area contributed by atoms with Crippen molar-refractivity contribution in [3.05, 3.63) is 0 Å². The fourth-order valence-corrected chi connectivity index (χ4v) is 0.609. The van der Waals surface area contributed by atoms with Crippen LogP contribution in [0.25, 0.3) is 0 Å². The fraction of sp³-hybridized carbons (Fsp3) is 0.833. The zero-order valence-electron chi connectivity index (χ0n) is 5.95. The first kappa shape index (κ1) is 9.39. The molecule has 0 saturated carbocycles. The minimum absolute atomic E-state index is 0.0129. The second-order valence-corrected chi connectivity index (χ2v) is 2.47. The molecule has 0 saturated heterocycles. The van der Waals surface area contributed by atoms with Gasteiger partial charge in [-0.3, -0.25) is 4.79 Å². The maximum atomic E-state index is 10.1. The monoisotopic (exact) mass is 147 g/mol. The highest BCUT2D eigenvalue weighted by Crippen LogP contribution is 2.02. The predicted octanol–water partition coefficient (Wildman–Crippen LogP) is -0.583. The van der Waals surface area contributed by atoms with Crippen molar-refractivity contribution in [3.63, 3.8) is 0 Å². The molecule has 0 aromatic carbocycles. The van der Waals surface area contributed by atoms with Gasteiger partial charge in [-0.2, -0.15) is 0 Å². The molecule has 0 heterocycles. The lowest BCUT2D eigenvalue weighted by molar-refractivity contribution is -0.139. The summed E-state index contributed by atoms with van der Waals surface area (Å²) in [5.41, 5.74) is 5.18. The molecule has 0 aromatic rings. The zero-order valence-corrected chi connectivity index (χ0v) is 5.95. The van der Waals surface area contributed by atoms with Crippen LogP contribution in [0.1, 0.15) is 13.3 Å². The van der Waals surface area contributed by atoms with Crippen LogP contribution in [0.4, 0.5) is 0 Å². The summed E-state index contributed by atoms with van der Waals surface area (Å²) in [5.74, 6) is -1.05. The number of aliphatic hydroxyl groups is 1. The molecule has 0 aliphatic rings. The van der Waals surface area contributed by atoms with Crippen molar-refractivity contribution in [1.82, 2.24) is 0 Å². The molecule has 2 atom stereocenters. The summed E-state index contributed by atoms with van der Waals surface area (Å²) in [6.07, 6.45) is 0.325. The van der Waals surface area contributed by atoms with Crippen molar-refractivity contribution in [2.75, 3.05) is 6.61 Å². The number of aliphatic carboxylic acids is 1. The van der Waals surface area contributed by atoms with Crippen molar-refractivity contribution in [1.29, 1.82) is 0 Å². The normalized spacial score (nSPS) is 16.3. The molecule has 0 amide bonds. The summed E-state index contributed by atoms with van der Waals surface area (Å²) in [6.45, 7) is 1.74. The van der Waals surface area contributed by atoms with E-state index in [2.05, 4.69) is 0 Å². The Morgan fingerprint density at radius 3 is 2.50 bits per heavy atom. The summed E-state index contributed by atoms with van der Waals surface area (Å²) in [7, 11) is 0. The summed E-state index contributed by atoms with van der Waals surface area (Å²) >= 11 is 0. The number of aliphatic hydroxyl groups excluding tert-OH is 1. The van der Waals surface area contributed by atoms with Crippen LogP contribution < -0.4 is 5.73 Å². The largest absolute Gasteiger partial charge is 0.480 e. The van der Waals surface area contributed by atoms with Crippen LogP contribution in [0.15, 0.2) is 0 Å². The van der Waals surface area contributed by atoms with E-state index in [1.54, 1.807) is 6.92 Å². The first-order valence-corrected chi connectivity index (χ1v) is 3.17. The number of rotatable bonds is 4. The average Bonchev–Trinajstić information content (AvgIpc) is 1.87. The molecule has 0 aliphatic carbocycles. The van der Waals surface area contributed by atoms with Crippen LogP contribution in [0.2, 0.25) is 0 Å². The van der Waals surface area contributed by atoms with Crippen LogP contribution in [0, 0.1) is 5.92 Å². The van der Waals surface area contributed by atoms with Gasteiger partial charge in [0.2, 0.25) is 0 Å². The van der Waals surface area contributed by atoms with Crippen molar-refractivity contribution < 1.29 is 15.0 Å². The lowest BCUT2D eigenvalue weighted by Gasteiger charge is -2.10. The summed E-state index contributed by atoms with van der Waals surface area (Å²) in [5, 5.41) is 16.8. The molecule has 4 N–H and O–H groups in total. The Bertz CT molecular complexity index is 116. The Balaban J connectivity index is 3.56. The summed E-state index contributed by atoms with van der Waals surface area (Å²) < 4.78 is 0. The lowest BCUT2D eigenvalue weighted by atomic mass is 10.0. The molecule has 0 fully saturated rings. The minimum Gasteiger partial charge on any atom is -0.480 e. The number of carboxylic acid groups (broad SMARTS) is 1. The third-order valence-electron chi connectivity index (χ3n) is 1.29. The fourth-order valence-electron chi connectivity index (χ4n) is 0.609. The Labute approximate surface area is 59.7 Å². The van der Waals surface area contributed by atoms with Gasteiger partial charge >= 0.3 is 5.97 Å². The average molecular weight is 147 g/mol. The van der Waals surface area contributed by atoms with E-state index in [1.165, 1.54) is 0 Å². The van der Waals surface area contributed by atoms with Crippen molar-refractivity contribution in [2.45, 2.75) is 19.4 Å². The van der Waals surface area contributed by atoms with E-state index in [9.17, 15) is 4.79 Å². The van der Waals surface area contributed by atoms with Crippen LogP contribution in [-0.2, 0) is 4.79 Å². The molecule has 0 bridgehead atoms. The van der Waals surface area contributed by atoms with Gasteiger partial charge in [0.15, 0.2) is 0 Å². The van der Waals surface area contributed by atoms with Gasteiger partial charge in [0.1, 0.15) is 6.04 Å². The highest BCUT2D eigenvalue weighted by atomic mass is 16.4. The summed E-state index contributed by atoms with van der Waals surface area (Å²) in [6, 6.07) is -0.845. The molecule has 10 heavy (non-hydrogen) atoms. The Morgan fingerprint density at radius 2 is 2.20 bits per heavy atom. The van der Waals surface area contributed by atoms with Gasteiger partial charge in [0, 0.05) is 6.61 Å². The highest BCUT2D eigenvalue weighted by molar-refractivity contribution is 5.72. The molecule has 4 nitrogen and oxygen atoms in total. The highest BCUT2D eigenvalue weighted by Gasteiger charge is 2.14. The van der Waals surface area contributed by atoms with Crippen molar-refractivity contribution >= 4 is 5.97 Å². The van der Waals surface area contributed by atoms with E-state index in [1.807, 2.05) is 0 Å². The number of carbonyl (C=O) groups is 1. The molecule has 0 rings (SSSR count). The molecule has 0 unspecified atom stereocenters. The third kappa shape index (κ3) is 3.42. The van der Waals surface area contributed by atoms with Crippen LogP contribution in [0.5, 0.6) is 0 Å². The van der Waals surface area contributed by atoms with Crippen LogP contribution >= 0.6 is 0 Å². The molecular weight excluding hydrogens is 134 g/mol. The standard InChI is InChI=1S/C6H13NO3/c1-4(3-8)2-5(7)6(9)10/h4-5,8H,2-3,7H2,1H3,(H,9,10)/t4-,5-/m0/s1.